The van der Waals surface area contributed by atoms with E-state index in [0.29, 0.717) is 6.04 Å². The van der Waals surface area contributed by atoms with Gasteiger partial charge < -0.3 is 10.3 Å². The minimum absolute atomic E-state index is 0.0817. The molecule has 2 N–H and O–H groups in total. The van der Waals surface area contributed by atoms with Gasteiger partial charge in [-0.15, -0.1) is 0 Å². The molecule has 0 aromatic carbocycles. The molecule has 0 radical (unpaired) electrons. The number of rotatable bonds is 6. The van der Waals surface area contributed by atoms with Crippen molar-refractivity contribution < 1.29 is 0 Å². The molecular formula is C16H29N3. The molecule has 1 fully saturated rings. The number of unbranched alkanes of at least 4 members (excludes halogenated alkanes) is 3. The first-order chi connectivity index (χ1) is 8.95. The summed E-state index contributed by atoms with van der Waals surface area (Å²) in [6.07, 6.45) is 8.65. The lowest BCUT2D eigenvalue weighted by atomic mass is 9.95. The van der Waals surface area contributed by atoms with Gasteiger partial charge >= 0.3 is 0 Å². The normalized spacial score (nSPS) is 16.0. The highest BCUT2D eigenvalue weighted by Crippen LogP contribution is 2.41. The average Bonchev–Trinajstić information content (AvgIpc) is 3.09. The fraction of sp³-hybridized carbons (Fsp3) is 0.812. The second-order valence-electron chi connectivity index (χ2n) is 6.93. The van der Waals surface area contributed by atoms with Crippen LogP contribution in [0, 0.1) is 0 Å². The van der Waals surface area contributed by atoms with Gasteiger partial charge in [0, 0.05) is 11.5 Å². The van der Waals surface area contributed by atoms with Gasteiger partial charge in [-0.05, 0) is 25.7 Å². The Balaban J connectivity index is 2.16. The number of hydrogen-bond donors (Lipinski definition) is 1. The van der Waals surface area contributed by atoms with Crippen molar-refractivity contribution in [3.8, 4) is 0 Å². The lowest BCUT2D eigenvalue weighted by molar-refractivity contribution is 0.503. The van der Waals surface area contributed by atoms with E-state index >= 15 is 0 Å². The van der Waals surface area contributed by atoms with Gasteiger partial charge in [-0.25, -0.2) is 4.98 Å². The van der Waals surface area contributed by atoms with Crippen molar-refractivity contribution in [2.24, 2.45) is 0 Å². The van der Waals surface area contributed by atoms with Gasteiger partial charge in [0.2, 0.25) is 0 Å². The van der Waals surface area contributed by atoms with Crippen LogP contribution in [0.3, 0.4) is 0 Å². The van der Waals surface area contributed by atoms with Crippen LogP contribution in [-0.4, -0.2) is 9.55 Å². The van der Waals surface area contributed by atoms with Crippen molar-refractivity contribution in [3.05, 3.63) is 11.5 Å². The molecule has 0 saturated heterocycles. The number of nitrogen functional groups attached to an aromatic ring is 1. The summed E-state index contributed by atoms with van der Waals surface area (Å²) in [5.74, 6) is 2.11. The van der Waals surface area contributed by atoms with Crippen LogP contribution >= 0.6 is 0 Å². The Hall–Kier alpha value is -0.990. The SMILES string of the molecule is CCCCCCc1nc(C(C)(C)C)n(C2CC2)c1N. The van der Waals surface area contributed by atoms with Gasteiger partial charge in [0.15, 0.2) is 0 Å². The summed E-state index contributed by atoms with van der Waals surface area (Å²) in [6, 6.07) is 0.617. The quantitative estimate of drug-likeness (QED) is 0.781. The monoisotopic (exact) mass is 263 g/mol. The summed E-state index contributed by atoms with van der Waals surface area (Å²) in [5.41, 5.74) is 7.57. The van der Waals surface area contributed by atoms with Crippen molar-refractivity contribution in [2.45, 2.75) is 84.1 Å². The third kappa shape index (κ3) is 3.31. The van der Waals surface area contributed by atoms with Gasteiger partial charge in [-0.1, -0.05) is 47.0 Å². The zero-order valence-electron chi connectivity index (χ0n) is 13.0. The molecule has 2 rings (SSSR count). The number of aryl methyl sites for hydroxylation is 1. The number of anilines is 1. The Labute approximate surface area is 117 Å². The molecule has 1 heterocycles. The first-order valence-electron chi connectivity index (χ1n) is 7.82. The molecule has 19 heavy (non-hydrogen) atoms. The second-order valence-corrected chi connectivity index (χ2v) is 6.93. The molecule has 1 saturated carbocycles. The van der Waals surface area contributed by atoms with E-state index in [4.69, 9.17) is 10.7 Å². The summed E-state index contributed by atoms with van der Waals surface area (Å²) in [6.45, 7) is 8.94. The summed E-state index contributed by atoms with van der Waals surface area (Å²) < 4.78 is 2.31. The highest BCUT2D eigenvalue weighted by molar-refractivity contribution is 5.41. The highest BCUT2D eigenvalue weighted by atomic mass is 15.2. The average molecular weight is 263 g/mol. The molecule has 0 spiro atoms. The standard InChI is InChI=1S/C16H29N3/c1-5-6-7-8-9-13-14(17)19(12-10-11-12)15(18-13)16(2,3)4/h12H,5-11,17H2,1-4H3. The number of aromatic nitrogens is 2. The smallest absolute Gasteiger partial charge is 0.127 e. The Kier molecular flexibility index (Phi) is 4.22. The minimum atomic E-state index is 0.0817. The molecule has 3 nitrogen and oxygen atoms in total. The van der Waals surface area contributed by atoms with Gasteiger partial charge in [-0.2, -0.15) is 0 Å². The molecule has 3 heteroatoms. The van der Waals surface area contributed by atoms with Crippen LogP contribution in [0.5, 0.6) is 0 Å². The molecule has 1 aliphatic carbocycles. The minimum Gasteiger partial charge on any atom is -0.384 e. The van der Waals surface area contributed by atoms with E-state index < -0.39 is 0 Å². The van der Waals surface area contributed by atoms with E-state index in [-0.39, 0.29) is 5.41 Å². The number of hydrogen-bond acceptors (Lipinski definition) is 2. The van der Waals surface area contributed by atoms with Gasteiger partial charge in [0.05, 0.1) is 5.69 Å². The zero-order chi connectivity index (χ0) is 14.0. The first kappa shape index (κ1) is 14.4. The van der Waals surface area contributed by atoms with Crippen molar-refractivity contribution in [3.63, 3.8) is 0 Å². The molecule has 0 amide bonds. The van der Waals surface area contributed by atoms with Crippen LogP contribution in [0.2, 0.25) is 0 Å². The van der Waals surface area contributed by atoms with Crippen LogP contribution in [0.25, 0.3) is 0 Å². The van der Waals surface area contributed by atoms with Crippen LogP contribution in [0.15, 0.2) is 0 Å². The molecular weight excluding hydrogens is 234 g/mol. The summed E-state index contributed by atoms with van der Waals surface area (Å²) in [7, 11) is 0. The van der Waals surface area contributed by atoms with Crippen molar-refractivity contribution in [1.82, 2.24) is 9.55 Å². The van der Waals surface area contributed by atoms with E-state index in [1.807, 2.05) is 0 Å². The van der Waals surface area contributed by atoms with Gasteiger partial charge in [-0.3, -0.25) is 0 Å². The molecule has 108 valence electrons. The van der Waals surface area contributed by atoms with Crippen LogP contribution < -0.4 is 5.73 Å². The molecule has 0 unspecified atom stereocenters. The maximum absolute atomic E-state index is 6.36. The van der Waals surface area contributed by atoms with E-state index in [2.05, 4.69) is 32.3 Å². The first-order valence-corrected chi connectivity index (χ1v) is 7.82. The Morgan fingerprint density at radius 3 is 2.42 bits per heavy atom. The summed E-state index contributed by atoms with van der Waals surface area (Å²) in [5, 5.41) is 0. The maximum Gasteiger partial charge on any atom is 0.127 e. The van der Waals surface area contributed by atoms with Crippen LogP contribution in [0.4, 0.5) is 5.82 Å². The van der Waals surface area contributed by atoms with Crippen LogP contribution in [-0.2, 0) is 11.8 Å². The van der Waals surface area contributed by atoms with E-state index in [9.17, 15) is 0 Å². The fourth-order valence-electron chi connectivity index (χ4n) is 2.63. The van der Waals surface area contributed by atoms with Crippen LogP contribution in [0.1, 0.15) is 83.8 Å². The lowest BCUT2D eigenvalue weighted by Crippen LogP contribution is -2.19. The van der Waals surface area contributed by atoms with Crippen molar-refractivity contribution in [1.29, 1.82) is 0 Å². The number of nitrogens with two attached hydrogens (primary N) is 1. The van der Waals surface area contributed by atoms with Gasteiger partial charge in [0.1, 0.15) is 11.6 Å². The van der Waals surface area contributed by atoms with Crippen molar-refractivity contribution in [2.75, 3.05) is 5.73 Å². The largest absolute Gasteiger partial charge is 0.384 e. The van der Waals surface area contributed by atoms with E-state index in [1.54, 1.807) is 0 Å². The van der Waals surface area contributed by atoms with Crippen molar-refractivity contribution >= 4 is 5.82 Å². The van der Waals surface area contributed by atoms with E-state index in [0.717, 1.165) is 17.9 Å². The number of nitrogens with zero attached hydrogens (tertiary/aromatic N) is 2. The Morgan fingerprint density at radius 1 is 1.21 bits per heavy atom. The van der Waals surface area contributed by atoms with E-state index in [1.165, 1.54) is 44.3 Å². The third-order valence-corrected chi connectivity index (χ3v) is 3.87. The topological polar surface area (TPSA) is 43.8 Å². The number of imidazole rings is 1. The second kappa shape index (κ2) is 5.56. The third-order valence-electron chi connectivity index (χ3n) is 3.87. The fourth-order valence-corrected chi connectivity index (χ4v) is 2.63. The molecule has 0 aliphatic heterocycles. The lowest BCUT2D eigenvalue weighted by Gasteiger charge is -2.20. The molecule has 1 aliphatic rings. The van der Waals surface area contributed by atoms with Gasteiger partial charge in [0.25, 0.3) is 0 Å². The Morgan fingerprint density at radius 2 is 1.89 bits per heavy atom. The molecule has 0 atom stereocenters. The molecule has 0 bridgehead atoms. The Bertz CT molecular complexity index is 422. The zero-order valence-corrected chi connectivity index (χ0v) is 13.0. The predicted molar refractivity (Wildman–Crippen MR) is 81.5 cm³/mol. The molecule has 1 aromatic heterocycles. The maximum atomic E-state index is 6.36. The highest BCUT2D eigenvalue weighted by Gasteiger charge is 2.33. The molecule has 1 aromatic rings. The summed E-state index contributed by atoms with van der Waals surface area (Å²) in [4.78, 5) is 4.88. The predicted octanol–water partition coefficient (Wildman–Crippen LogP) is 4.22. The summed E-state index contributed by atoms with van der Waals surface area (Å²) >= 11 is 0.